The predicted octanol–water partition coefficient (Wildman–Crippen LogP) is 6.59. The Balaban J connectivity index is 1.71. The van der Waals surface area contributed by atoms with Crippen molar-refractivity contribution in [3.8, 4) is 5.75 Å². The maximum absolute atomic E-state index is 14.3. The number of ether oxygens (including phenoxy) is 1. The van der Waals surface area contributed by atoms with Crippen molar-refractivity contribution < 1.29 is 32.3 Å². The van der Waals surface area contributed by atoms with Crippen LogP contribution in [-0.2, 0) is 16.5 Å². The van der Waals surface area contributed by atoms with E-state index in [1.54, 1.807) is 48.2 Å². The van der Waals surface area contributed by atoms with Crippen LogP contribution in [0.3, 0.4) is 0 Å². The van der Waals surface area contributed by atoms with E-state index in [1.165, 1.54) is 24.3 Å². The van der Waals surface area contributed by atoms with Gasteiger partial charge in [-0.3, -0.25) is 14.4 Å². The predicted molar refractivity (Wildman–Crippen MR) is 146 cm³/mol. The number of primary amides is 1. The molecule has 9 heteroatoms. The Morgan fingerprint density at radius 1 is 0.902 bits per heavy atom. The topological polar surface area (TPSA) is 89.7 Å². The second-order valence-corrected chi connectivity index (χ2v) is 10.8. The second kappa shape index (κ2) is 11.0. The van der Waals surface area contributed by atoms with Gasteiger partial charge in [0.2, 0.25) is 5.91 Å². The Morgan fingerprint density at radius 2 is 1.51 bits per heavy atom. The summed E-state index contributed by atoms with van der Waals surface area (Å²) in [6.45, 7) is 1.76. The first-order valence-electron chi connectivity index (χ1n) is 13.7. The number of amides is 2. The van der Waals surface area contributed by atoms with E-state index in [-0.39, 0.29) is 17.5 Å². The van der Waals surface area contributed by atoms with E-state index in [4.69, 9.17) is 10.5 Å². The maximum atomic E-state index is 14.3. The van der Waals surface area contributed by atoms with E-state index in [9.17, 15) is 27.6 Å². The standard InChI is InChI=1S/C32H31F3N2O4/c1-31(21-18-16-20(17-19-21)28(36)38)27(30(40)41-26-15-9-8-14-25(26)32(33,34)35)23-12-6-7-13-24(23)29(39)37(31)22-10-4-2-3-5-11-22/h6-9,12-19,22,27H,2-5,10-11H2,1H3,(H2,36,38). The van der Waals surface area contributed by atoms with Gasteiger partial charge in [0.1, 0.15) is 11.7 Å². The van der Waals surface area contributed by atoms with Crippen LogP contribution in [0.25, 0.3) is 0 Å². The second-order valence-electron chi connectivity index (χ2n) is 10.8. The first-order chi connectivity index (χ1) is 19.5. The van der Waals surface area contributed by atoms with Gasteiger partial charge in [-0.15, -0.1) is 0 Å². The number of para-hydroxylation sites is 1. The van der Waals surface area contributed by atoms with Crippen LogP contribution < -0.4 is 10.5 Å². The van der Waals surface area contributed by atoms with Crippen LogP contribution in [0.4, 0.5) is 13.2 Å². The molecule has 2 aliphatic rings. The number of carbonyl (C=O) groups is 3. The Labute approximate surface area is 236 Å². The van der Waals surface area contributed by atoms with Gasteiger partial charge in [-0.25, -0.2) is 0 Å². The molecule has 0 bridgehead atoms. The number of hydrogen-bond acceptors (Lipinski definition) is 4. The van der Waals surface area contributed by atoms with E-state index in [0.29, 0.717) is 16.7 Å². The van der Waals surface area contributed by atoms with Crippen LogP contribution in [0.15, 0.2) is 72.8 Å². The minimum Gasteiger partial charge on any atom is -0.425 e. The van der Waals surface area contributed by atoms with E-state index < -0.39 is 40.8 Å². The Hall–Kier alpha value is -4.14. The zero-order valence-corrected chi connectivity index (χ0v) is 22.6. The summed E-state index contributed by atoms with van der Waals surface area (Å²) in [5.74, 6) is -3.57. The maximum Gasteiger partial charge on any atom is 0.419 e. The minimum absolute atomic E-state index is 0.211. The number of nitrogens with zero attached hydrogens (tertiary/aromatic N) is 1. The Bertz CT molecular complexity index is 1460. The van der Waals surface area contributed by atoms with E-state index in [1.807, 2.05) is 0 Å². The Kier molecular flexibility index (Phi) is 7.64. The van der Waals surface area contributed by atoms with Gasteiger partial charge < -0.3 is 15.4 Å². The van der Waals surface area contributed by atoms with E-state index >= 15 is 0 Å². The molecule has 3 aromatic carbocycles. The number of fused-ring (bicyclic) bond motifs is 1. The molecule has 6 nitrogen and oxygen atoms in total. The van der Waals surface area contributed by atoms with E-state index in [2.05, 4.69) is 0 Å². The number of halogens is 3. The third-order valence-corrected chi connectivity index (χ3v) is 8.37. The number of hydrogen-bond donors (Lipinski definition) is 1. The number of esters is 1. The molecule has 1 saturated carbocycles. The zero-order chi connectivity index (χ0) is 29.4. The molecule has 1 aliphatic carbocycles. The molecule has 1 heterocycles. The van der Waals surface area contributed by atoms with Crippen molar-refractivity contribution in [2.24, 2.45) is 5.73 Å². The van der Waals surface area contributed by atoms with Crippen molar-refractivity contribution >= 4 is 17.8 Å². The van der Waals surface area contributed by atoms with Crippen molar-refractivity contribution in [3.05, 3.63) is 101 Å². The molecule has 2 N–H and O–H groups in total. The number of nitrogens with two attached hydrogens (primary N) is 1. The molecule has 2 amide bonds. The molecule has 0 radical (unpaired) electrons. The summed E-state index contributed by atoms with van der Waals surface area (Å²) in [4.78, 5) is 42.0. The lowest BCUT2D eigenvalue weighted by molar-refractivity contribution is -0.145. The molecule has 214 valence electrons. The lowest BCUT2D eigenvalue weighted by Gasteiger charge is -2.52. The van der Waals surface area contributed by atoms with Crippen LogP contribution in [0.1, 0.15) is 88.8 Å². The van der Waals surface area contributed by atoms with Crippen LogP contribution in [0, 0.1) is 0 Å². The average Bonchev–Trinajstić information content (AvgIpc) is 3.22. The third-order valence-electron chi connectivity index (χ3n) is 8.37. The van der Waals surface area contributed by atoms with Gasteiger partial charge >= 0.3 is 12.1 Å². The largest absolute Gasteiger partial charge is 0.425 e. The summed E-state index contributed by atoms with van der Waals surface area (Å²) < 4.78 is 47.0. The molecule has 0 spiro atoms. The van der Waals surface area contributed by atoms with Gasteiger partial charge in [-0.2, -0.15) is 13.2 Å². The van der Waals surface area contributed by atoms with Crippen molar-refractivity contribution in [2.45, 2.75) is 69.1 Å². The van der Waals surface area contributed by atoms with Crippen molar-refractivity contribution in [3.63, 3.8) is 0 Å². The highest BCUT2D eigenvalue weighted by Crippen LogP contribution is 2.51. The molecule has 1 aliphatic heterocycles. The van der Waals surface area contributed by atoms with Crippen molar-refractivity contribution in [1.82, 2.24) is 4.90 Å². The first kappa shape index (κ1) is 28.4. The highest BCUT2D eigenvalue weighted by molar-refractivity contribution is 6.02. The minimum atomic E-state index is -4.74. The van der Waals surface area contributed by atoms with Gasteiger partial charge in [0.25, 0.3) is 5.91 Å². The SMILES string of the molecule is CC1(c2ccc(C(N)=O)cc2)C(C(=O)Oc2ccccc2C(F)(F)F)c2ccccc2C(=O)N1C1CCCCCC1. The van der Waals surface area contributed by atoms with Gasteiger partial charge in [0, 0.05) is 17.2 Å². The molecular formula is C32H31F3N2O4. The van der Waals surface area contributed by atoms with Crippen LogP contribution in [0.2, 0.25) is 0 Å². The fraction of sp³-hybridized carbons (Fsp3) is 0.344. The highest BCUT2D eigenvalue weighted by Gasteiger charge is 2.55. The summed E-state index contributed by atoms with van der Waals surface area (Å²) >= 11 is 0. The third kappa shape index (κ3) is 5.21. The zero-order valence-electron chi connectivity index (χ0n) is 22.6. The monoisotopic (exact) mass is 564 g/mol. The number of benzene rings is 3. The summed E-state index contributed by atoms with van der Waals surface area (Å²) in [5, 5.41) is 0. The molecule has 2 unspecified atom stereocenters. The van der Waals surface area contributed by atoms with Crippen molar-refractivity contribution in [1.29, 1.82) is 0 Å². The molecule has 3 aromatic rings. The highest BCUT2D eigenvalue weighted by atomic mass is 19.4. The summed E-state index contributed by atoms with van der Waals surface area (Å²) in [7, 11) is 0. The Morgan fingerprint density at radius 3 is 2.15 bits per heavy atom. The first-order valence-corrected chi connectivity index (χ1v) is 13.7. The fourth-order valence-electron chi connectivity index (χ4n) is 6.38. The molecule has 0 saturated heterocycles. The molecular weight excluding hydrogens is 533 g/mol. The van der Waals surface area contributed by atoms with Gasteiger partial charge in [0.15, 0.2) is 0 Å². The molecule has 1 fully saturated rings. The lowest BCUT2D eigenvalue weighted by atomic mass is 9.69. The molecule has 5 rings (SSSR count). The van der Waals surface area contributed by atoms with Gasteiger partial charge in [0.05, 0.1) is 11.1 Å². The average molecular weight is 565 g/mol. The number of rotatable bonds is 5. The smallest absolute Gasteiger partial charge is 0.419 e. The summed E-state index contributed by atoms with van der Waals surface area (Å²) in [5.41, 5.74) is 4.53. The summed E-state index contributed by atoms with van der Waals surface area (Å²) in [6.07, 6.45) is 0.570. The van der Waals surface area contributed by atoms with Crippen molar-refractivity contribution in [2.75, 3.05) is 0 Å². The van der Waals surface area contributed by atoms with Crippen LogP contribution >= 0.6 is 0 Å². The van der Waals surface area contributed by atoms with E-state index in [0.717, 1.165) is 50.7 Å². The van der Waals surface area contributed by atoms with Crippen LogP contribution in [-0.4, -0.2) is 28.7 Å². The summed E-state index contributed by atoms with van der Waals surface area (Å²) in [6, 6.07) is 17.4. The quantitative estimate of drug-likeness (QED) is 0.215. The van der Waals surface area contributed by atoms with Gasteiger partial charge in [-0.05, 0) is 61.2 Å². The van der Waals surface area contributed by atoms with Gasteiger partial charge in [-0.1, -0.05) is 68.1 Å². The molecule has 0 aromatic heterocycles. The molecule has 2 atom stereocenters. The lowest BCUT2D eigenvalue weighted by Crippen LogP contribution is -2.60. The number of alkyl halides is 3. The van der Waals surface area contributed by atoms with Crippen LogP contribution in [0.5, 0.6) is 5.75 Å². The fourth-order valence-corrected chi connectivity index (χ4v) is 6.38. The number of carbonyl (C=O) groups excluding carboxylic acids is 3. The molecule has 41 heavy (non-hydrogen) atoms. The normalized spacial score (nSPS) is 21.6.